The maximum absolute atomic E-state index is 12.7. The van der Waals surface area contributed by atoms with Gasteiger partial charge in [-0.05, 0) is 37.0 Å². The van der Waals surface area contributed by atoms with Gasteiger partial charge in [-0.1, -0.05) is 36.6 Å². The molecule has 0 spiro atoms. The summed E-state index contributed by atoms with van der Waals surface area (Å²) in [5.74, 6) is 1.47. The highest BCUT2D eigenvalue weighted by atomic mass is 127. The van der Waals surface area contributed by atoms with E-state index < -0.39 is 0 Å². The number of carbonyl (C=O) groups is 1. The maximum atomic E-state index is 12.7. The summed E-state index contributed by atoms with van der Waals surface area (Å²) in [6.45, 7) is 0.637. The van der Waals surface area contributed by atoms with Crippen LogP contribution in [-0.2, 0) is 4.79 Å². The number of rotatable bonds is 5. The summed E-state index contributed by atoms with van der Waals surface area (Å²) < 4.78 is 0. The fourth-order valence-electron chi connectivity index (χ4n) is 4.08. The molecule has 0 bridgehead atoms. The second-order valence-corrected chi connectivity index (χ2v) is 8.20. The zero-order valence-electron chi connectivity index (χ0n) is 16.3. The van der Waals surface area contributed by atoms with Gasteiger partial charge < -0.3 is 15.5 Å². The fourth-order valence-corrected chi connectivity index (χ4v) is 4.27. The van der Waals surface area contributed by atoms with Gasteiger partial charge >= 0.3 is 0 Å². The number of hydrogen-bond donors (Lipinski definition) is 2. The van der Waals surface area contributed by atoms with Crippen molar-refractivity contribution < 1.29 is 4.79 Å². The molecule has 2 fully saturated rings. The molecule has 5 nitrogen and oxygen atoms in total. The monoisotopic (exact) mass is 504 g/mol. The minimum Gasteiger partial charge on any atom is -0.355 e. The van der Waals surface area contributed by atoms with Crippen molar-refractivity contribution in [2.45, 2.75) is 44.1 Å². The third-order valence-electron chi connectivity index (χ3n) is 5.63. The molecule has 2 unspecified atom stereocenters. The number of amides is 1. The molecule has 7 heteroatoms. The SMILES string of the molecule is CN=C(NCC1(C(=O)N(C)C)CCCC1)NC1CC1c1cccc(Cl)c1.I. The Morgan fingerprint density at radius 2 is 2.04 bits per heavy atom. The minimum absolute atomic E-state index is 0. The van der Waals surface area contributed by atoms with E-state index in [9.17, 15) is 4.79 Å². The Hall–Kier alpha value is -1.02. The molecule has 27 heavy (non-hydrogen) atoms. The number of halogens is 2. The van der Waals surface area contributed by atoms with Crippen molar-refractivity contribution in [2.75, 3.05) is 27.7 Å². The first-order valence-corrected chi connectivity index (χ1v) is 9.77. The largest absolute Gasteiger partial charge is 0.355 e. The molecule has 0 radical (unpaired) electrons. The molecule has 0 heterocycles. The lowest BCUT2D eigenvalue weighted by molar-refractivity contribution is -0.138. The van der Waals surface area contributed by atoms with E-state index in [1.54, 1.807) is 11.9 Å². The van der Waals surface area contributed by atoms with Gasteiger partial charge in [-0.25, -0.2) is 0 Å². The molecular formula is C20H30ClIN4O. The Balaban J connectivity index is 0.00000261. The van der Waals surface area contributed by atoms with Crippen LogP contribution in [0.1, 0.15) is 43.6 Å². The van der Waals surface area contributed by atoms with Gasteiger partial charge in [0, 0.05) is 44.7 Å². The van der Waals surface area contributed by atoms with Crippen molar-refractivity contribution in [1.82, 2.24) is 15.5 Å². The van der Waals surface area contributed by atoms with Gasteiger partial charge in [0.05, 0.1) is 5.41 Å². The molecule has 2 saturated carbocycles. The molecule has 1 aromatic rings. The number of carbonyl (C=O) groups excluding carboxylic acids is 1. The lowest BCUT2D eigenvalue weighted by Gasteiger charge is -2.31. The van der Waals surface area contributed by atoms with Gasteiger partial charge in [-0.15, -0.1) is 24.0 Å². The molecule has 1 aromatic carbocycles. The lowest BCUT2D eigenvalue weighted by atomic mass is 9.84. The highest BCUT2D eigenvalue weighted by molar-refractivity contribution is 14.0. The van der Waals surface area contributed by atoms with Crippen LogP contribution in [0, 0.1) is 5.41 Å². The Bertz CT molecular complexity index is 688. The van der Waals surface area contributed by atoms with E-state index in [-0.39, 0.29) is 35.3 Å². The lowest BCUT2D eigenvalue weighted by Crippen LogP contribution is -2.49. The molecule has 3 rings (SSSR count). The van der Waals surface area contributed by atoms with Crippen LogP contribution in [-0.4, -0.2) is 50.5 Å². The van der Waals surface area contributed by atoms with Crippen molar-refractivity contribution >= 4 is 47.4 Å². The first-order valence-electron chi connectivity index (χ1n) is 9.39. The van der Waals surface area contributed by atoms with E-state index in [1.165, 1.54) is 5.56 Å². The third-order valence-corrected chi connectivity index (χ3v) is 5.86. The molecule has 0 aliphatic heterocycles. The summed E-state index contributed by atoms with van der Waals surface area (Å²) >= 11 is 6.10. The minimum atomic E-state index is -0.295. The van der Waals surface area contributed by atoms with Gasteiger partial charge in [-0.2, -0.15) is 0 Å². The smallest absolute Gasteiger partial charge is 0.230 e. The standard InChI is InChI=1S/C20H29ClN4O.HI/c1-22-19(23-13-20(9-4-5-10-20)18(26)25(2)3)24-17-12-16(17)14-7-6-8-15(21)11-14;/h6-8,11,16-17H,4-5,9-10,12-13H2,1-3H3,(H2,22,23,24);1H. The molecule has 0 aromatic heterocycles. The number of aliphatic imine (C=N–C) groups is 1. The Labute approximate surface area is 184 Å². The van der Waals surface area contributed by atoms with Crippen LogP contribution in [0.5, 0.6) is 0 Å². The molecule has 150 valence electrons. The molecule has 2 aliphatic carbocycles. The Kier molecular flexibility index (Phi) is 7.80. The molecule has 2 aliphatic rings. The van der Waals surface area contributed by atoms with Gasteiger partial charge in [0.25, 0.3) is 0 Å². The summed E-state index contributed by atoms with van der Waals surface area (Å²) in [5.41, 5.74) is 0.970. The van der Waals surface area contributed by atoms with Crippen molar-refractivity contribution in [1.29, 1.82) is 0 Å². The van der Waals surface area contributed by atoms with Crippen LogP contribution in [0.3, 0.4) is 0 Å². The topological polar surface area (TPSA) is 56.7 Å². The van der Waals surface area contributed by atoms with Gasteiger partial charge in [-0.3, -0.25) is 9.79 Å². The van der Waals surface area contributed by atoms with Crippen LogP contribution >= 0.6 is 35.6 Å². The number of guanidine groups is 1. The van der Waals surface area contributed by atoms with Crippen LogP contribution in [0.15, 0.2) is 29.3 Å². The second-order valence-electron chi connectivity index (χ2n) is 7.76. The van der Waals surface area contributed by atoms with Gasteiger partial charge in [0.2, 0.25) is 5.91 Å². The van der Waals surface area contributed by atoms with Crippen LogP contribution < -0.4 is 10.6 Å². The van der Waals surface area contributed by atoms with Crippen LogP contribution in [0.2, 0.25) is 5.02 Å². The predicted octanol–water partition coefficient (Wildman–Crippen LogP) is 3.63. The molecule has 2 N–H and O–H groups in total. The molecule has 1 amide bonds. The Morgan fingerprint density at radius 1 is 1.33 bits per heavy atom. The summed E-state index contributed by atoms with van der Waals surface area (Å²) in [6, 6.07) is 8.42. The zero-order chi connectivity index (χ0) is 18.7. The number of hydrogen-bond acceptors (Lipinski definition) is 2. The average Bonchev–Trinajstić information content (AvgIpc) is 3.23. The number of benzene rings is 1. The summed E-state index contributed by atoms with van der Waals surface area (Å²) in [4.78, 5) is 18.8. The predicted molar refractivity (Wildman–Crippen MR) is 122 cm³/mol. The van der Waals surface area contributed by atoms with Crippen molar-refractivity contribution in [3.8, 4) is 0 Å². The van der Waals surface area contributed by atoms with Crippen LogP contribution in [0.25, 0.3) is 0 Å². The van der Waals surface area contributed by atoms with E-state index in [0.29, 0.717) is 18.5 Å². The second kappa shape index (κ2) is 9.45. The highest BCUT2D eigenvalue weighted by Gasteiger charge is 2.43. The quantitative estimate of drug-likeness (QED) is 0.366. The van der Waals surface area contributed by atoms with Crippen LogP contribution in [0.4, 0.5) is 0 Å². The van der Waals surface area contributed by atoms with Crippen molar-refractivity contribution in [2.24, 2.45) is 10.4 Å². The van der Waals surface area contributed by atoms with E-state index in [4.69, 9.17) is 11.6 Å². The van der Waals surface area contributed by atoms with Crippen molar-refractivity contribution in [3.05, 3.63) is 34.9 Å². The first kappa shape index (κ1) is 22.3. The summed E-state index contributed by atoms with van der Waals surface area (Å²) in [6.07, 6.45) is 5.20. The summed E-state index contributed by atoms with van der Waals surface area (Å²) in [5, 5.41) is 7.68. The molecule has 0 saturated heterocycles. The number of nitrogens with zero attached hydrogens (tertiary/aromatic N) is 2. The maximum Gasteiger partial charge on any atom is 0.230 e. The first-order chi connectivity index (χ1) is 12.4. The van der Waals surface area contributed by atoms with Gasteiger partial charge in [0.15, 0.2) is 5.96 Å². The van der Waals surface area contributed by atoms with E-state index in [1.807, 2.05) is 32.3 Å². The van der Waals surface area contributed by atoms with Gasteiger partial charge in [0.1, 0.15) is 0 Å². The Morgan fingerprint density at radius 3 is 2.63 bits per heavy atom. The van der Waals surface area contributed by atoms with Crippen molar-refractivity contribution in [3.63, 3.8) is 0 Å². The van der Waals surface area contributed by atoms with E-state index in [2.05, 4.69) is 21.7 Å². The summed E-state index contributed by atoms with van der Waals surface area (Å²) in [7, 11) is 5.46. The highest BCUT2D eigenvalue weighted by Crippen LogP contribution is 2.42. The fraction of sp³-hybridized carbons (Fsp3) is 0.600. The molecule has 2 atom stereocenters. The molecular weight excluding hydrogens is 475 g/mol. The number of nitrogens with one attached hydrogen (secondary N) is 2. The van der Waals surface area contributed by atoms with E-state index in [0.717, 1.165) is 43.1 Å². The average molecular weight is 505 g/mol. The third kappa shape index (κ3) is 5.28. The zero-order valence-corrected chi connectivity index (χ0v) is 19.4. The van der Waals surface area contributed by atoms with E-state index >= 15 is 0 Å². The normalized spacial score (nSPS) is 23.3.